The van der Waals surface area contributed by atoms with Crippen molar-refractivity contribution in [2.45, 2.75) is 18.9 Å². The number of nitrogens with two attached hydrogens (primary N) is 1. The van der Waals surface area contributed by atoms with E-state index in [4.69, 9.17) is 19.9 Å². The third-order valence-corrected chi connectivity index (χ3v) is 4.88. The Kier molecular flexibility index (Phi) is 7.85. The number of primary amides is 1. The van der Waals surface area contributed by atoms with Crippen LogP contribution < -0.4 is 20.5 Å². The lowest BCUT2D eigenvalue weighted by Gasteiger charge is -2.18. The summed E-state index contributed by atoms with van der Waals surface area (Å²) in [6.45, 7) is -0.631. The summed E-state index contributed by atoms with van der Waals surface area (Å²) < 4.78 is 15.5. The highest BCUT2D eigenvalue weighted by Crippen LogP contribution is 2.40. The van der Waals surface area contributed by atoms with Gasteiger partial charge in [0.2, 0.25) is 0 Å². The van der Waals surface area contributed by atoms with E-state index in [0.717, 1.165) is 18.4 Å². The van der Waals surface area contributed by atoms with E-state index in [9.17, 15) is 14.4 Å². The van der Waals surface area contributed by atoms with Crippen LogP contribution in [0.2, 0.25) is 0 Å². The largest absolute Gasteiger partial charge is 0.493 e. The zero-order chi connectivity index (χ0) is 22.9. The molecule has 1 aliphatic rings. The molecule has 0 bridgehead atoms. The highest BCUT2D eigenvalue weighted by molar-refractivity contribution is 5.89. The summed E-state index contributed by atoms with van der Waals surface area (Å²) in [7, 11) is 1.46. The maximum Gasteiger partial charge on any atom is 0.331 e. The van der Waals surface area contributed by atoms with Gasteiger partial charge in [-0.05, 0) is 48.1 Å². The monoisotopic (exact) mass is 438 g/mol. The molecule has 0 aliphatic heterocycles. The summed E-state index contributed by atoms with van der Waals surface area (Å²) in [5.74, 6) is -0.433. The Morgan fingerprint density at radius 3 is 2.50 bits per heavy atom. The van der Waals surface area contributed by atoms with Crippen molar-refractivity contribution in [2.75, 3.05) is 20.3 Å². The van der Waals surface area contributed by atoms with E-state index in [1.807, 2.05) is 30.3 Å². The molecule has 168 valence electrons. The molecule has 1 unspecified atom stereocenters. The van der Waals surface area contributed by atoms with Crippen LogP contribution in [0, 0.1) is 5.92 Å². The van der Waals surface area contributed by atoms with Crippen LogP contribution in [0.4, 0.5) is 0 Å². The van der Waals surface area contributed by atoms with E-state index in [1.54, 1.807) is 18.2 Å². The van der Waals surface area contributed by atoms with Gasteiger partial charge in [0.25, 0.3) is 11.8 Å². The summed E-state index contributed by atoms with van der Waals surface area (Å²) in [5.41, 5.74) is 6.76. The molecule has 2 aromatic carbocycles. The predicted octanol–water partition coefficient (Wildman–Crippen LogP) is 2.38. The predicted molar refractivity (Wildman–Crippen MR) is 118 cm³/mol. The van der Waals surface area contributed by atoms with Gasteiger partial charge in [-0.1, -0.05) is 36.4 Å². The first-order chi connectivity index (χ1) is 15.5. The lowest BCUT2D eigenvalue weighted by molar-refractivity contribution is -0.144. The van der Waals surface area contributed by atoms with Crippen molar-refractivity contribution in [2.24, 2.45) is 11.7 Å². The van der Waals surface area contributed by atoms with Crippen molar-refractivity contribution in [3.63, 3.8) is 0 Å². The van der Waals surface area contributed by atoms with Crippen LogP contribution in [0.25, 0.3) is 6.08 Å². The number of ether oxygens (including phenoxy) is 3. The molecule has 0 radical (unpaired) electrons. The second-order valence-corrected chi connectivity index (χ2v) is 7.40. The van der Waals surface area contributed by atoms with E-state index in [-0.39, 0.29) is 25.2 Å². The van der Waals surface area contributed by atoms with Gasteiger partial charge in [0, 0.05) is 6.08 Å². The number of amides is 2. The fourth-order valence-corrected chi connectivity index (χ4v) is 3.18. The Morgan fingerprint density at radius 1 is 1.09 bits per heavy atom. The Hall–Kier alpha value is -3.81. The Balaban J connectivity index is 1.50. The van der Waals surface area contributed by atoms with Crippen LogP contribution in [-0.4, -0.2) is 38.1 Å². The number of benzene rings is 2. The third kappa shape index (κ3) is 6.87. The van der Waals surface area contributed by atoms with Gasteiger partial charge in [-0.3, -0.25) is 9.59 Å². The van der Waals surface area contributed by atoms with Gasteiger partial charge in [0.05, 0.1) is 13.2 Å². The van der Waals surface area contributed by atoms with Gasteiger partial charge >= 0.3 is 5.97 Å². The first-order valence-electron chi connectivity index (χ1n) is 10.2. The van der Waals surface area contributed by atoms with Crippen LogP contribution >= 0.6 is 0 Å². The molecule has 2 amide bonds. The van der Waals surface area contributed by atoms with E-state index >= 15 is 0 Å². The molecule has 3 rings (SSSR count). The Morgan fingerprint density at radius 2 is 1.84 bits per heavy atom. The number of carbonyl (C=O) groups is 3. The van der Waals surface area contributed by atoms with Gasteiger partial charge in [-0.15, -0.1) is 0 Å². The SMILES string of the molecule is COc1cc(/C=C/C(=O)OCC(=O)NC(c2ccccc2)C2CC2)ccc1OCC(N)=O. The molecule has 0 heterocycles. The minimum atomic E-state index is -0.643. The average molecular weight is 438 g/mol. The second kappa shape index (κ2) is 11.0. The van der Waals surface area contributed by atoms with E-state index in [0.29, 0.717) is 23.0 Å². The van der Waals surface area contributed by atoms with Gasteiger partial charge < -0.3 is 25.3 Å². The lowest BCUT2D eigenvalue weighted by Crippen LogP contribution is -2.33. The summed E-state index contributed by atoms with van der Waals surface area (Å²) >= 11 is 0. The van der Waals surface area contributed by atoms with Crippen LogP contribution in [0.1, 0.15) is 30.0 Å². The summed E-state index contributed by atoms with van der Waals surface area (Å²) in [5, 5.41) is 2.96. The van der Waals surface area contributed by atoms with Gasteiger partial charge in [-0.2, -0.15) is 0 Å². The molecule has 3 N–H and O–H groups in total. The lowest BCUT2D eigenvalue weighted by atomic mass is 10.0. The molecule has 32 heavy (non-hydrogen) atoms. The van der Waals surface area contributed by atoms with Crippen molar-refractivity contribution in [3.05, 3.63) is 65.7 Å². The molecule has 1 saturated carbocycles. The molecule has 1 fully saturated rings. The molecule has 8 heteroatoms. The molecular weight excluding hydrogens is 412 g/mol. The van der Waals surface area contributed by atoms with Crippen molar-refractivity contribution in [3.8, 4) is 11.5 Å². The standard InChI is InChI=1S/C24H26N2O6/c1-30-20-13-16(7-11-19(20)31-14-21(25)27)8-12-23(29)32-15-22(28)26-24(18-9-10-18)17-5-3-2-4-6-17/h2-8,11-13,18,24H,9-10,14-15H2,1H3,(H2,25,27)(H,26,28)/b12-8+. The highest BCUT2D eigenvalue weighted by atomic mass is 16.5. The number of nitrogens with one attached hydrogen (secondary N) is 1. The zero-order valence-electron chi connectivity index (χ0n) is 17.8. The fraction of sp³-hybridized carbons (Fsp3) is 0.292. The molecule has 0 spiro atoms. The van der Waals surface area contributed by atoms with Crippen LogP contribution in [0.5, 0.6) is 11.5 Å². The number of rotatable bonds is 11. The Bertz CT molecular complexity index is 985. The average Bonchev–Trinajstić information content (AvgIpc) is 3.64. The Labute approximate surface area is 186 Å². The number of hydrogen-bond donors (Lipinski definition) is 2. The first kappa shape index (κ1) is 22.9. The summed E-state index contributed by atoms with van der Waals surface area (Å²) in [4.78, 5) is 35.2. The number of carbonyl (C=O) groups excluding carboxylic acids is 3. The maximum absolute atomic E-state index is 12.3. The molecular formula is C24H26N2O6. The van der Waals surface area contributed by atoms with Gasteiger partial charge in [-0.25, -0.2) is 4.79 Å². The fourth-order valence-electron chi connectivity index (χ4n) is 3.18. The molecule has 0 aromatic heterocycles. The molecule has 0 saturated heterocycles. The first-order valence-corrected chi connectivity index (χ1v) is 10.2. The highest BCUT2D eigenvalue weighted by Gasteiger charge is 2.33. The van der Waals surface area contributed by atoms with Crippen LogP contribution in [-0.2, 0) is 19.1 Å². The third-order valence-electron chi connectivity index (χ3n) is 4.88. The zero-order valence-corrected chi connectivity index (χ0v) is 17.8. The minimum absolute atomic E-state index is 0.0688. The maximum atomic E-state index is 12.3. The summed E-state index contributed by atoms with van der Waals surface area (Å²) in [6.07, 6.45) is 4.88. The number of hydrogen-bond acceptors (Lipinski definition) is 6. The van der Waals surface area contributed by atoms with Gasteiger partial charge in [0.1, 0.15) is 0 Å². The number of methoxy groups -OCH3 is 1. The van der Waals surface area contributed by atoms with Crippen LogP contribution in [0.15, 0.2) is 54.6 Å². The van der Waals surface area contributed by atoms with E-state index in [1.165, 1.54) is 19.3 Å². The molecule has 8 nitrogen and oxygen atoms in total. The number of esters is 1. The van der Waals surface area contributed by atoms with Gasteiger partial charge in [0.15, 0.2) is 24.7 Å². The van der Waals surface area contributed by atoms with Crippen molar-refractivity contribution >= 4 is 23.9 Å². The van der Waals surface area contributed by atoms with Crippen molar-refractivity contribution in [1.29, 1.82) is 0 Å². The van der Waals surface area contributed by atoms with Crippen molar-refractivity contribution in [1.82, 2.24) is 5.32 Å². The quantitative estimate of drug-likeness (QED) is 0.411. The van der Waals surface area contributed by atoms with E-state index < -0.39 is 11.9 Å². The molecule has 2 aromatic rings. The molecule has 1 aliphatic carbocycles. The molecule has 1 atom stereocenters. The van der Waals surface area contributed by atoms with Crippen LogP contribution in [0.3, 0.4) is 0 Å². The second-order valence-electron chi connectivity index (χ2n) is 7.40. The summed E-state index contributed by atoms with van der Waals surface area (Å²) in [6, 6.07) is 14.6. The minimum Gasteiger partial charge on any atom is -0.493 e. The topological polar surface area (TPSA) is 117 Å². The smallest absolute Gasteiger partial charge is 0.331 e. The normalized spacial score (nSPS) is 13.9. The van der Waals surface area contributed by atoms with E-state index in [2.05, 4.69) is 5.32 Å². The van der Waals surface area contributed by atoms with Crippen molar-refractivity contribution < 1.29 is 28.6 Å².